The minimum atomic E-state index is -0.607. The summed E-state index contributed by atoms with van der Waals surface area (Å²) >= 11 is 9.52. The van der Waals surface area contributed by atoms with Gasteiger partial charge in [0.1, 0.15) is 5.58 Å². The smallest absolute Gasteiger partial charge is 0.295 e. The zero-order valence-corrected chi connectivity index (χ0v) is 17.3. The number of nitrogens with zero attached hydrogens (tertiary/aromatic N) is 1. The van der Waals surface area contributed by atoms with Gasteiger partial charge in [0.25, 0.3) is 5.91 Å². The zero-order valence-electron chi connectivity index (χ0n) is 14.9. The Balaban J connectivity index is 1.82. The SMILES string of the molecule is O=C1c2oc3ccccc3c(=O)c2[C@H](c2ccc(Cl)cc2)N1c1cccc(Br)c1. The Morgan fingerprint density at radius 3 is 2.45 bits per heavy atom. The van der Waals surface area contributed by atoms with Crippen molar-refractivity contribution in [1.29, 1.82) is 0 Å². The second kappa shape index (κ2) is 6.87. The fourth-order valence-electron chi connectivity index (χ4n) is 3.77. The molecular weight excluding hydrogens is 454 g/mol. The van der Waals surface area contributed by atoms with Gasteiger partial charge in [-0.25, -0.2) is 0 Å². The van der Waals surface area contributed by atoms with Crippen LogP contribution in [-0.2, 0) is 0 Å². The van der Waals surface area contributed by atoms with Crippen LogP contribution < -0.4 is 10.3 Å². The molecule has 0 spiro atoms. The number of hydrogen-bond acceptors (Lipinski definition) is 3. The zero-order chi connectivity index (χ0) is 20.1. The van der Waals surface area contributed by atoms with Crippen LogP contribution in [0.5, 0.6) is 0 Å². The number of anilines is 1. The van der Waals surface area contributed by atoms with Gasteiger partial charge in [-0.15, -0.1) is 0 Å². The largest absolute Gasteiger partial charge is 0.450 e. The third-order valence-electron chi connectivity index (χ3n) is 5.05. The summed E-state index contributed by atoms with van der Waals surface area (Å²) in [5, 5.41) is 1.03. The molecule has 0 radical (unpaired) electrons. The highest BCUT2D eigenvalue weighted by Crippen LogP contribution is 2.41. The van der Waals surface area contributed by atoms with Gasteiger partial charge in [0.15, 0.2) is 5.43 Å². The molecular formula is C23H13BrClNO3. The number of amides is 1. The third kappa shape index (κ3) is 2.89. The molecule has 29 heavy (non-hydrogen) atoms. The molecule has 1 amide bonds. The van der Waals surface area contributed by atoms with E-state index in [1.807, 2.05) is 36.4 Å². The van der Waals surface area contributed by atoms with Gasteiger partial charge in [-0.05, 0) is 48.0 Å². The molecule has 5 rings (SSSR count). The van der Waals surface area contributed by atoms with Gasteiger partial charge in [-0.3, -0.25) is 14.5 Å². The van der Waals surface area contributed by atoms with Crippen LogP contribution in [0.4, 0.5) is 5.69 Å². The first-order valence-electron chi connectivity index (χ1n) is 8.95. The number of carbonyl (C=O) groups is 1. The van der Waals surface area contributed by atoms with Crippen molar-refractivity contribution in [2.45, 2.75) is 6.04 Å². The summed E-state index contributed by atoms with van der Waals surface area (Å²) in [4.78, 5) is 28.4. The van der Waals surface area contributed by atoms with E-state index >= 15 is 0 Å². The average molecular weight is 467 g/mol. The van der Waals surface area contributed by atoms with E-state index in [9.17, 15) is 9.59 Å². The van der Waals surface area contributed by atoms with E-state index in [1.54, 1.807) is 41.3 Å². The first-order chi connectivity index (χ1) is 14.0. The predicted octanol–water partition coefficient (Wildman–Crippen LogP) is 5.96. The highest BCUT2D eigenvalue weighted by atomic mass is 79.9. The van der Waals surface area contributed by atoms with Crippen LogP contribution >= 0.6 is 27.5 Å². The maximum absolute atomic E-state index is 13.4. The lowest BCUT2D eigenvalue weighted by molar-refractivity contribution is 0.0971. The minimum Gasteiger partial charge on any atom is -0.450 e. The molecule has 0 unspecified atom stereocenters. The Bertz CT molecular complexity index is 1330. The van der Waals surface area contributed by atoms with Crippen molar-refractivity contribution < 1.29 is 9.21 Å². The van der Waals surface area contributed by atoms with Crippen molar-refractivity contribution >= 4 is 50.1 Å². The normalized spacial score (nSPS) is 15.7. The third-order valence-corrected chi connectivity index (χ3v) is 5.79. The molecule has 4 nitrogen and oxygen atoms in total. The molecule has 0 aliphatic carbocycles. The molecule has 6 heteroatoms. The Morgan fingerprint density at radius 2 is 1.69 bits per heavy atom. The van der Waals surface area contributed by atoms with Crippen molar-refractivity contribution in [1.82, 2.24) is 0 Å². The van der Waals surface area contributed by atoms with Crippen LogP contribution in [0.2, 0.25) is 5.02 Å². The Hall–Kier alpha value is -2.89. The van der Waals surface area contributed by atoms with Crippen molar-refractivity contribution in [2.24, 2.45) is 0 Å². The van der Waals surface area contributed by atoms with E-state index in [0.717, 1.165) is 10.0 Å². The van der Waals surface area contributed by atoms with Crippen molar-refractivity contribution in [2.75, 3.05) is 4.90 Å². The highest BCUT2D eigenvalue weighted by Gasteiger charge is 2.43. The molecule has 0 bridgehead atoms. The Labute approximate surface area is 179 Å². The summed E-state index contributed by atoms with van der Waals surface area (Å²) in [6, 6.07) is 20.9. The number of hydrogen-bond donors (Lipinski definition) is 0. The summed E-state index contributed by atoms with van der Waals surface area (Å²) in [6.07, 6.45) is 0. The van der Waals surface area contributed by atoms with E-state index in [2.05, 4.69) is 15.9 Å². The van der Waals surface area contributed by atoms with Crippen LogP contribution in [0.3, 0.4) is 0 Å². The molecule has 0 saturated carbocycles. The van der Waals surface area contributed by atoms with Crippen LogP contribution in [0, 0.1) is 0 Å². The molecule has 0 saturated heterocycles. The Kier molecular flexibility index (Phi) is 4.30. The lowest BCUT2D eigenvalue weighted by Crippen LogP contribution is -2.29. The van der Waals surface area contributed by atoms with Gasteiger partial charge in [-0.2, -0.15) is 0 Å². The highest BCUT2D eigenvalue weighted by molar-refractivity contribution is 9.10. The van der Waals surface area contributed by atoms with Crippen LogP contribution in [0.1, 0.15) is 27.7 Å². The molecule has 4 aromatic rings. The van der Waals surface area contributed by atoms with E-state index in [1.165, 1.54) is 0 Å². The van der Waals surface area contributed by atoms with E-state index in [4.69, 9.17) is 16.0 Å². The van der Waals surface area contributed by atoms with Crippen LogP contribution in [0.15, 0.2) is 86.5 Å². The van der Waals surface area contributed by atoms with Crippen molar-refractivity contribution in [3.05, 3.63) is 109 Å². The molecule has 2 heterocycles. The second-order valence-corrected chi connectivity index (χ2v) is 8.13. The number of carbonyl (C=O) groups excluding carboxylic acids is 1. The molecule has 1 aromatic heterocycles. The average Bonchev–Trinajstić information content (AvgIpc) is 3.02. The first-order valence-corrected chi connectivity index (χ1v) is 10.1. The first kappa shape index (κ1) is 18.2. The second-order valence-electron chi connectivity index (χ2n) is 6.78. The van der Waals surface area contributed by atoms with Gasteiger partial charge in [0, 0.05) is 15.2 Å². The topological polar surface area (TPSA) is 50.5 Å². The van der Waals surface area contributed by atoms with E-state index in [-0.39, 0.29) is 17.1 Å². The Morgan fingerprint density at radius 1 is 0.931 bits per heavy atom. The molecule has 1 atom stereocenters. The minimum absolute atomic E-state index is 0.0774. The molecule has 1 aliphatic heterocycles. The van der Waals surface area contributed by atoms with E-state index in [0.29, 0.717) is 27.2 Å². The standard InChI is InChI=1S/C23H13BrClNO3/c24-14-4-3-5-16(12-14)26-20(13-8-10-15(25)11-9-13)19-21(27)17-6-1-2-7-18(17)29-22(19)23(26)28/h1-12,20H/t20-/m0/s1. The lowest BCUT2D eigenvalue weighted by atomic mass is 9.98. The summed E-state index contributed by atoms with van der Waals surface area (Å²) in [6.45, 7) is 0. The molecule has 142 valence electrons. The quantitative estimate of drug-likeness (QED) is 0.366. The molecule has 3 aromatic carbocycles. The summed E-state index contributed by atoms with van der Waals surface area (Å²) in [5.41, 5.74) is 1.99. The fourth-order valence-corrected chi connectivity index (χ4v) is 4.29. The number of benzene rings is 3. The lowest BCUT2D eigenvalue weighted by Gasteiger charge is -2.25. The number of para-hydroxylation sites is 1. The summed E-state index contributed by atoms with van der Waals surface area (Å²) in [7, 11) is 0. The fraction of sp³-hybridized carbons (Fsp3) is 0.0435. The molecule has 1 aliphatic rings. The number of rotatable bonds is 2. The maximum Gasteiger partial charge on any atom is 0.295 e. The van der Waals surface area contributed by atoms with Crippen LogP contribution in [-0.4, -0.2) is 5.91 Å². The number of fused-ring (bicyclic) bond motifs is 2. The van der Waals surface area contributed by atoms with Gasteiger partial charge in [0.05, 0.1) is 17.0 Å². The predicted molar refractivity (Wildman–Crippen MR) is 117 cm³/mol. The van der Waals surface area contributed by atoms with Gasteiger partial charge >= 0.3 is 0 Å². The van der Waals surface area contributed by atoms with Gasteiger partial charge in [-0.1, -0.05) is 57.9 Å². The maximum atomic E-state index is 13.4. The van der Waals surface area contributed by atoms with Crippen molar-refractivity contribution in [3.8, 4) is 0 Å². The number of halogens is 2. The van der Waals surface area contributed by atoms with Gasteiger partial charge < -0.3 is 4.42 Å². The summed E-state index contributed by atoms with van der Waals surface area (Å²) in [5.74, 6) is -0.269. The van der Waals surface area contributed by atoms with Gasteiger partial charge in [0.2, 0.25) is 5.76 Å². The van der Waals surface area contributed by atoms with E-state index < -0.39 is 6.04 Å². The van der Waals surface area contributed by atoms with Crippen LogP contribution in [0.25, 0.3) is 11.0 Å². The monoisotopic (exact) mass is 465 g/mol. The van der Waals surface area contributed by atoms with Crippen molar-refractivity contribution in [3.63, 3.8) is 0 Å². The molecule has 0 N–H and O–H groups in total. The summed E-state index contributed by atoms with van der Waals surface area (Å²) < 4.78 is 6.76. The molecule has 0 fully saturated rings.